The summed E-state index contributed by atoms with van der Waals surface area (Å²) in [6, 6.07) is 9.05. The Balaban J connectivity index is 2.29. The van der Waals surface area contributed by atoms with Gasteiger partial charge in [-0.2, -0.15) is 0 Å². The Morgan fingerprint density at radius 3 is 2.00 bits per heavy atom. The van der Waals surface area contributed by atoms with Gasteiger partial charge in [0.25, 0.3) is 0 Å². The first-order valence-corrected chi connectivity index (χ1v) is 6.91. The fraction of sp³-hybridized carbons (Fsp3) is 0.625. The predicted octanol–water partition coefficient (Wildman–Crippen LogP) is 3.98. The molecule has 0 amide bonds. The molecule has 0 unspecified atom stereocenters. The van der Waals surface area contributed by atoms with Crippen LogP contribution in [0.1, 0.15) is 50.7 Å². The molecule has 1 aromatic carbocycles. The van der Waals surface area contributed by atoms with Crippen molar-refractivity contribution in [2.24, 2.45) is 5.92 Å². The third-order valence-electron chi connectivity index (χ3n) is 3.16. The number of benzene rings is 1. The molecule has 1 aromatic rings. The summed E-state index contributed by atoms with van der Waals surface area (Å²) in [7, 11) is 0. The van der Waals surface area contributed by atoms with Crippen molar-refractivity contribution < 1.29 is 5.11 Å². The van der Waals surface area contributed by atoms with E-state index in [1.54, 1.807) is 0 Å². The Labute approximate surface area is 106 Å². The van der Waals surface area contributed by atoms with E-state index >= 15 is 0 Å². The van der Waals surface area contributed by atoms with Gasteiger partial charge in [0.05, 0.1) is 0 Å². The van der Waals surface area contributed by atoms with Crippen LogP contribution in [0.4, 0.5) is 0 Å². The molecular weight excluding hydrogens is 208 g/mol. The summed E-state index contributed by atoms with van der Waals surface area (Å²) in [5.74, 6) is 0.785. The van der Waals surface area contributed by atoms with Crippen LogP contribution in [0.2, 0.25) is 0 Å². The molecule has 0 aliphatic heterocycles. The molecule has 1 nitrogen and oxygen atoms in total. The van der Waals surface area contributed by atoms with Gasteiger partial charge in [0, 0.05) is 6.61 Å². The molecule has 0 saturated carbocycles. The second kappa shape index (κ2) is 8.30. The van der Waals surface area contributed by atoms with Crippen molar-refractivity contribution >= 4 is 0 Å². The Morgan fingerprint density at radius 2 is 1.47 bits per heavy atom. The van der Waals surface area contributed by atoms with Crippen LogP contribution in [0, 0.1) is 5.92 Å². The van der Waals surface area contributed by atoms with E-state index in [1.807, 2.05) is 0 Å². The SMILES string of the molecule is CC(C)CCc1ccc(CCCCCO)cc1. The van der Waals surface area contributed by atoms with Gasteiger partial charge < -0.3 is 5.11 Å². The van der Waals surface area contributed by atoms with Gasteiger partial charge in [0.2, 0.25) is 0 Å². The zero-order valence-electron chi connectivity index (χ0n) is 11.3. The molecule has 0 aliphatic carbocycles. The monoisotopic (exact) mass is 234 g/mol. The lowest BCUT2D eigenvalue weighted by molar-refractivity contribution is 0.283. The maximum atomic E-state index is 8.70. The van der Waals surface area contributed by atoms with E-state index in [0.29, 0.717) is 6.61 Å². The third-order valence-corrected chi connectivity index (χ3v) is 3.16. The van der Waals surface area contributed by atoms with Crippen molar-refractivity contribution in [3.63, 3.8) is 0 Å². The normalized spacial score (nSPS) is 11.1. The smallest absolute Gasteiger partial charge is 0.0431 e. The average molecular weight is 234 g/mol. The number of unbranched alkanes of at least 4 members (excludes halogenated alkanes) is 2. The molecule has 0 aromatic heterocycles. The molecule has 0 aliphatic rings. The van der Waals surface area contributed by atoms with E-state index < -0.39 is 0 Å². The van der Waals surface area contributed by atoms with E-state index in [4.69, 9.17) is 5.11 Å². The molecule has 96 valence electrons. The van der Waals surface area contributed by atoms with Crippen LogP contribution in [0.5, 0.6) is 0 Å². The summed E-state index contributed by atoms with van der Waals surface area (Å²) >= 11 is 0. The van der Waals surface area contributed by atoms with Gasteiger partial charge in [-0.1, -0.05) is 44.5 Å². The largest absolute Gasteiger partial charge is 0.396 e. The quantitative estimate of drug-likeness (QED) is 0.675. The summed E-state index contributed by atoms with van der Waals surface area (Å²) in [5, 5.41) is 8.70. The van der Waals surface area contributed by atoms with E-state index in [0.717, 1.165) is 25.2 Å². The molecule has 0 bridgehead atoms. The van der Waals surface area contributed by atoms with Gasteiger partial charge in [0.15, 0.2) is 0 Å². The molecule has 0 fully saturated rings. The zero-order chi connectivity index (χ0) is 12.5. The van der Waals surface area contributed by atoms with Crippen molar-refractivity contribution in [1.82, 2.24) is 0 Å². The summed E-state index contributed by atoms with van der Waals surface area (Å²) in [4.78, 5) is 0. The zero-order valence-corrected chi connectivity index (χ0v) is 11.3. The molecule has 0 radical (unpaired) electrons. The molecule has 1 N–H and O–H groups in total. The number of aliphatic hydroxyl groups is 1. The number of aryl methyl sites for hydroxylation is 2. The van der Waals surface area contributed by atoms with Crippen LogP contribution in [-0.2, 0) is 12.8 Å². The predicted molar refractivity (Wildman–Crippen MR) is 74.2 cm³/mol. The number of hydrogen-bond donors (Lipinski definition) is 1. The molecule has 0 saturated heterocycles. The highest BCUT2D eigenvalue weighted by Crippen LogP contribution is 2.12. The summed E-state index contributed by atoms with van der Waals surface area (Å²) in [5.41, 5.74) is 2.88. The Kier molecular flexibility index (Phi) is 6.95. The van der Waals surface area contributed by atoms with E-state index in [1.165, 1.54) is 30.4 Å². The van der Waals surface area contributed by atoms with Crippen LogP contribution < -0.4 is 0 Å². The number of hydrogen-bond acceptors (Lipinski definition) is 1. The second-order valence-corrected chi connectivity index (χ2v) is 5.28. The first-order valence-electron chi connectivity index (χ1n) is 6.91. The Morgan fingerprint density at radius 1 is 0.882 bits per heavy atom. The molecule has 0 atom stereocenters. The number of aliphatic hydroxyl groups excluding tert-OH is 1. The fourth-order valence-electron chi connectivity index (χ4n) is 1.95. The van der Waals surface area contributed by atoms with Crippen LogP contribution in [0.25, 0.3) is 0 Å². The molecule has 1 heteroatoms. The van der Waals surface area contributed by atoms with E-state index in [-0.39, 0.29) is 0 Å². The highest BCUT2D eigenvalue weighted by molar-refractivity contribution is 5.22. The third kappa shape index (κ3) is 6.48. The van der Waals surface area contributed by atoms with Gasteiger partial charge in [-0.05, 0) is 49.1 Å². The van der Waals surface area contributed by atoms with E-state index in [9.17, 15) is 0 Å². The van der Waals surface area contributed by atoms with Crippen LogP contribution >= 0.6 is 0 Å². The lowest BCUT2D eigenvalue weighted by Gasteiger charge is -2.06. The molecule has 0 spiro atoms. The average Bonchev–Trinajstić information content (AvgIpc) is 2.33. The van der Waals surface area contributed by atoms with Gasteiger partial charge >= 0.3 is 0 Å². The van der Waals surface area contributed by atoms with Crippen molar-refractivity contribution in [3.05, 3.63) is 35.4 Å². The maximum Gasteiger partial charge on any atom is 0.0431 e. The van der Waals surface area contributed by atoms with Crippen LogP contribution in [0.3, 0.4) is 0 Å². The minimum absolute atomic E-state index is 0.328. The molecular formula is C16H26O. The first kappa shape index (κ1) is 14.2. The lowest BCUT2D eigenvalue weighted by atomic mass is 10.00. The summed E-state index contributed by atoms with van der Waals surface area (Å²) in [6.07, 6.45) is 6.87. The van der Waals surface area contributed by atoms with Crippen LogP contribution in [-0.4, -0.2) is 11.7 Å². The van der Waals surface area contributed by atoms with Gasteiger partial charge in [-0.3, -0.25) is 0 Å². The lowest BCUT2D eigenvalue weighted by Crippen LogP contribution is -1.93. The van der Waals surface area contributed by atoms with Crippen molar-refractivity contribution in [1.29, 1.82) is 0 Å². The first-order chi connectivity index (χ1) is 8.22. The summed E-state index contributed by atoms with van der Waals surface area (Å²) in [6.45, 7) is 4.87. The van der Waals surface area contributed by atoms with Gasteiger partial charge in [-0.25, -0.2) is 0 Å². The highest BCUT2D eigenvalue weighted by atomic mass is 16.2. The maximum absolute atomic E-state index is 8.70. The standard InChI is InChI=1S/C16H26O/c1-14(2)7-8-16-11-9-15(10-12-16)6-4-3-5-13-17/h9-12,14,17H,3-8,13H2,1-2H3. The molecule has 17 heavy (non-hydrogen) atoms. The van der Waals surface area contributed by atoms with Crippen molar-refractivity contribution in [3.8, 4) is 0 Å². The second-order valence-electron chi connectivity index (χ2n) is 5.28. The minimum Gasteiger partial charge on any atom is -0.396 e. The Bertz CT molecular complexity index is 287. The van der Waals surface area contributed by atoms with Gasteiger partial charge in [0.1, 0.15) is 0 Å². The van der Waals surface area contributed by atoms with E-state index in [2.05, 4.69) is 38.1 Å². The number of rotatable bonds is 8. The van der Waals surface area contributed by atoms with Crippen molar-refractivity contribution in [2.45, 2.75) is 52.4 Å². The minimum atomic E-state index is 0.328. The fourth-order valence-corrected chi connectivity index (χ4v) is 1.95. The highest BCUT2D eigenvalue weighted by Gasteiger charge is 1.98. The topological polar surface area (TPSA) is 20.2 Å². The van der Waals surface area contributed by atoms with Gasteiger partial charge in [-0.15, -0.1) is 0 Å². The van der Waals surface area contributed by atoms with Crippen LogP contribution in [0.15, 0.2) is 24.3 Å². The molecule has 0 heterocycles. The summed E-state index contributed by atoms with van der Waals surface area (Å²) < 4.78 is 0. The molecule has 1 rings (SSSR count). The Hall–Kier alpha value is -0.820. The van der Waals surface area contributed by atoms with Crippen molar-refractivity contribution in [2.75, 3.05) is 6.61 Å².